The second-order valence-electron chi connectivity index (χ2n) is 6.78. The maximum atomic E-state index is 14.1. The molecule has 0 saturated carbocycles. The van der Waals surface area contributed by atoms with Gasteiger partial charge < -0.3 is 9.80 Å². The molecule has 1 heterocycles. The van der Waals surface area contributed by atoms with E-state index in [1.54, 1.807) is 18.2 Å². The lowest BCUT2D eigenvalue weighted by Gasteiger charge is -2.36. The van der Waals surface area contributed by atoms with Crippen LogP contribution in [-0.2, 0) is 0 Å². The summed E-state index contributed by atoms with van der Waals surface area (Å²) < 4.78 is 14.1. The van der Waals surface area contributed by atoms with E-state index in [0.717, 1.165) is 59.7 Å². The number of hydrogen-bond donors (Lipinski definition) is 0. The number of benzene rings is 2. The van der Waals surface area contributed by atoms with E-state index in [-0.39, 0.29) is 5.82 Å². The van der Waals surface area contributed by atoms with Crippen molar-refractivity contribution in [1.29, 1.82) is 5.26 Å². The number of piperazine rings is 1. The van der Waals surface area contributed by atoms with Gasteiger partial charge >= 0.3 is 0 Å². The molecule has 0 aromatic heterocycles. The van der Waals surface area contributed by atoms with E-state index in [1.807, 2.05) is 18.2 Å². The van der Waals surface area contributed by atoms with Crippen molar-refractivity contribution in [2.24, 2.45) is 0 Å². The van der Waals surface area contributed by atoms with Crippen molar-refractivity contribution < 1.29 is 4.39 Å². The Morgan fingerprint density at radius 2 is 1.77 bits per heavy atom. The first-order valence-corrected chi connectivity index (χ1v) is 8.82. The second-order valence-corrected chi connectivity index (χ2v) is 6.78. The van der Waals surface area contributed by atoms with E-state index >= 15 is 0 Å². The molecule has 4 rings (SSSR count). The van der Waals surface area contributed by atoms with Gasteiger partial charge in [-0.1, -0.05) is 30.3 Å². The van der Waals surface area contributed by atoms with Gasteiger partial charge in [0.1, 0.15) is 5.82 Å². The van der Waals surface area contributed by atoms with Crippen LogP contribution in [-0.4, -0.2) is 43.0 Å². The van der Waals surface area contributed by atoms with E-state index in [0.29, 0.717) is 0 Å². The molecule has 1 fully saturated rings. The predicted molar refractivity (Wildman–Crippen MR) is 102 cm³/mol. The SMILES string of the molecule is CN1CCN(C2=Cc3ccccc3/C(=C/C#N)c3ccc(F)cc32)CC1. The van der Waals surface area contributed by atoms with Gasteiger partial charge in [-0.15, -0.1) is 0 Å². The third-order valence-corrected chi connectivity index (χ3v) is 5.14. The molecule has 0 amide bonds. The zero-order valence-electron chi connectivity index (χ0n) is 14.7. The Balaban J connectivity index is 1.95. The zero-order valence-corrected chi connectivity index (χ0v) is 14.7. The Hall–Kier alpha value is -2.90. The minimum atomic E-state index is -0.258. The molecule has 1 aliphatic carbocycles. The average Bonchev–Trinajstić information content (AvgIpc) is 2.78. The Labute approximate surface area is 153 Å². The van der Waals surface area contributed by atoms with Crippen LogP contribution in [0.5, 0.6) is 0 Å². The molecule has 2 aromatic rings. The van der Waals surface area contributed by atoms with Crippen LogP contribution in [0.2, 0.25) is 0 Å². The molecule has 2 aromatic carbocycles. The number of fused-ring (bicyclic) bond motifs is 2. The summed E-state index contributed by atoms with van der Waals surface area (Å²) in [6.07, 6.45) is 3.70. The maximum Gasteiger partial charge on any atom is 0.123 e. The molecule has 0 atom stereocenters. The van der Waals surface area contributed by atoms with Crippen LogP contribution < -0.4 is 0 Å². The fraction of sp³-hybridized carbons (Fsp3) is 0.227. The maximum absolute atomic E-state index is 14.1. The third kappa shape index (κ3) is 2.91. The van der Waals surface area contributed by atoms with Crippen LogP contribution in [0.25, 0.3) is 17.3 Å². The molecule has 3 nitrogen and oxygen atoms in total. The molecule has 2 aliphatic rings. The van der Waals surface area contributed by atoms with Crippen LogP contribution in [0.1, 0.15) is 22.3 Å². The summed E-state index contributed by atoms with van der Waals surface area (Å²) in [5.41, 5.74) is 5.70. The lowest BCUT2D eigenvalue weighted by molar-refractivity contribution is 0.208. The summed E-state index contributed by atoms with van der Waals surface area (Å²) in [4.78, 5) is 4.62. The predicted octanol–water partition coefficient (Wildman–Crippen LogP) is 3.84. The number of nitrogens with zero attached hydrogens (tertiary/aromatic N) is 3. The standard InChI is InChI=1S/C22H20FN3/c1-25-10-12-26(13-11-25)22-14-16-4-2-3-5-18(16)20(8-9-24)19-7-6-17(23)15-21(19)22/h2-8,14-15H,10-13H2,1H3/b20-8-. The van der Waals surface area contributed by atoms with Gasteiger partial charge in [0.2, 0.25) is 0 Å². The van der Waals surface area contributed by atoms with Crippen molar-refractivity contribution >= 4 is 17.3 Å². The number of halogens is 1. The monoisotopic (exact) mass is 345 g/mol. The molecule has 1 saturated heterocycles. The summed E-state index contributed by atoms with van der Waals surface area (Å²) in [5.74, 6) is -0.258. The Kier molecular flexibility index (Phi) is 4.32. The largest absolute Gasteiger partial charge is 0.368 e. The van der Waals surface area contributed by atoms with Gasteiger partial charge in [-0.25, -0.2) is 4.39 Å². The smallest absolute Gasteiger partial charge is 0.123 e. The molecule has 26 heavy (non-hydrogen) atoms. The van der Waals surface area contributed by atoms with Crippen molar-refractivity contribution in [3.8, 4) is 6.07 Å². The fourth-order valence-corrected chi connectivity index (χ4v) is 3.73. The number of allylic oxidation sites excluding steroid dienone is 1. The highest BCUT2D eigenvalue weighted by Crippen LogP contribution is 2.39. The summed E-state index contributed by atoms with van der Waals surface area (Å²) >= 11 is 0. The Bertz CT molecular complexity index is 944. The Morgan fingerprint density at radius 3 is 2.54 bits per heavy atom. The third-order valence-electron chi connectivity index (χ3n) is 5.14. The van der Waals surface area contributed by atoms with Crippen molar-refractivity contribution in [1.82, 2.24) is 9.80 Å². The van der Waals surface area contributed by atoms with Gasteiger partial charge in [-0.05, 0) is 41.9 Å². The number of nitriles is 1. The van der Waals surface area contributed by atoms with Crippen LogP contribution in [0.15, 0.2) is 48.5 Å². The first kappa shape index (κ1) is 16.6. The van der Waals surface area contributed by atoms with Crippen LogP contribution in [0, 0.1) is 17.1 Å². The topological polar surface area (TPSA) is 30.3 Å². The average molecular weight is 345 g/mol. The summed E-state index contributed by atoms with van der Waals surface area (Å²) in [6, 6.07) is 15.1. The van der Waals surface area contributed by atoms with E-state index in [2.05, 4.69) is 35.1 Å². The molecule has 130 valence electrons. The molecule has 0 bridgehead atoms. The van der Waals surface area contributed by atoms with Crippen LogP contribution >= 0.6 is 0 Å². The first-order valence-electron chi connectivity index (χ1n) is 8.82. The van der Waals surface area contributed by atoms with Crippen molar-refractivity contribution in [2.45, 2.75) is 0 Å². The van der Waals surface area contributed by atoms with Gasteiger partial charge in [0.15, 0.2) is 0 Å². The molecule has 4 heteroatoms. The quantitative estimate of drug-likeness (QED) is 0.736. The highest BCUT2D eigenvalue weighted by molar-refractivity contribution is 5.98. The summed E-state index contributed by atoms with van der Waals surface area (Å²) in [5, 5.41) is 9.33. The van der Waals surface area contributed by atoms with E-state index < -0.39 is 0 Å². The van der Waals surface area contributed by atoms with Gasteiger partial charge in [0.05, 0.1) is 6.07 Å². The number of likely N-dealkylation sites (N-methyl/N-ethyl adjacent to an activating group) is 1. The lowest BCUT2D eigenvalue weighted by Crippen LogP contribution is -2.43. The van der Waals surface area contributed by atoms with Crippen molar-refractivity contribution in [3.05, 3.63) is 76.6 Å². The van der Waals surface area contributed by atoms with E-state index in [4.69, 9.17) is 0 Å². The molecule has 0 radical (unpaired) electrons. The Morgan fingerprint density at radius 1 is 1.00 bits per heavy atom. The molecular weight excluding hydrogens is 325 g/mol. The number of hydrogen-bond acceptors (Lipinski definition) is 3. The van der Waals surface area contributed by atoms with Crippen LogP contribution in [0.4, 0.5) is 4.39 Å². The van der Waals surface area contributed by atoms with Crippen LogP contribution in [0.3, 0.4) is 0 Å². The minimum Gasteiger partial charge on any atom is -0.368 e. The molecule has 0 N–H and O–H groups in total. The molecular formula is C22H20FN3. The summed E-state index contributed by atoms with van der Waals surface area (Å²) in [7, 11) is 2.12. The van der Waals surface area contributed by atoms with Gasteiger partial charge in [-0.3, -0.25) is 0 Å². The fourth-order valence-electron chi connectivity index (χ4n) is 3.73. The molecule has 0 unspecified atom stereocenters. The van der Waals surface area contributed by atoms with Crippen molar-refractivity contribution in [3.63, 3.8) is 0 Å². The highest BCUT2D eigenvalue weighted by atomic mass is 19.1. The number of rotatable bonds is 1. The van der Waals surface area contributed by atoms with E-state index in [1.165, 1.54) is 6.07 Å². The normalized spacial score (nSPS) is 18.6. The molecule has 0 spiro atoms. The van der Waals surface area contributed by atoms with Gasteiger partial charge in [0, 0.05) is 49.1 Å². The second kappa shape index (κ2) is 6.78. The lowest BCUT2D eigenvalue weighted by atomic mass is 9.93. The van der Waals surface area contributed by atoms with Crippen molar-refractivity contribution in [2.75, 3.05) is 33.2 Å². The van der Waals surface area contributed by atoms with E-state index in [9.17, 15) is 9.65 Å². The summed E-state index contributed by atoms with van der Waals surface area (Å²) in [6.45, 7) is 3.75. The zero-order chi connectivity index (χ0) is 18.1. The van der Waals surface area contributed by atoms with Gasteiger partial charge in [0.25, 0.3) is 0 Å². The highest BCUT2D eigenvalue weighted by Gasteiger charge is 2.25. The molecule has 1 aliphatic heterocycles. The first-order chi connectivity index (χ1) is 12.7. The van der Waals surface area contributed by atoms with Gasteiger partial charge in [-0.2, -0.15) is 5.26 Å². The minimum absolute atomic E-state index is 0.258.